The van der Waals surface area contributed by atoms with Crippen LogP contribution in [-0.4, -0.2) is 62.7 Å². The molecule has 30 heavy (non-hydrogen) atoms. The van der Waals surface area contributed by atoms with E-state index >= 15 is 0 Å². The van der Waals surface area contributed by atoms with Crippen LogP contribution in [0.15, 0.2) is 30.3 Å². The second-order valence-electron chi connectivity index (χ2n) is 6.96. The van der Waals surface area contributed by atoms with Crippen LogP contribution in [0.25, 0.3) is 0 Å². The lowest BCUT2D eigenvalue weighted by atomic mass is 10.1. The minimum absolute atomic E-state index is 0.103. The highest BCUT2D eigenvalue weighted by atomic mass is 35.5. The number of carbonyl (C=O) groups excluding carboxylic acids is 1. The van der Waals surface area contributed by atoms with Gasteiger partial charge in [0.05, 0.1) is 25.8 Å². The van der Waals surface area contributed by atoms with Gasteiger partial charge in [-0.25, -0.2) is 4.39 Å². The zero-order chi connectivity index (χ0) is 21.7. The highest BCUT2D eigenvalue weighted by molar-refractivity contribution is 6.32. The first kappa shape index (κ1) is 22.2. The summed E-state index contributed by atoms with van der Waals surface area (Å²) in [6.07, 6.45) is 0. The molecule has 162 valence electrons. The average molecular weight is 437 g/mol. The summed E-state index contributed by atoms with van der Waals surface area (Å²) in [6, 6.07) is 8.25. The molecule has 0 atom stereocenters. The lowest BCUT2D eigenvalue weighted by molar-refractivity contribution is 0.0628. The van der Waals surface area contributed by atoms with Gasteiger partial charge in [0.1, 0.15) is 0 Å². The summed E-state index contributed by atoms with van der Waals surface area (Å²) < 4.78 is 29.7. The van der Waals surface area contributed by atoms with E-state index in [4.69, 9.17) is 25.8 Å². The molecule has 0 bridgehead atoms. The summed E-state index contributed by atoms with van der Waals surface area (Å²) in [7, 11) is 2.96. The highest BCUT2D eigenvalue weighted by Crippen LogP contribution is 2.36. The lowest BCUT2D eigenvalue weighted by Crippen LogP contribution is -2.48. The van der Waals surface area contributed by atoms with Gasteiger partial charge in [-0.2, -0.15) is 0 Å². The van der Waals surface area contributed by atoms with Crippen LogP contribution in [0.1, 0.15) is 22.8 Å². The molecular formula is C22H26ClFN2O4. The van der Waals surface area contributed by atoms with E-state index in [-0.39, 0.29) is 17.5 Å². The Morgan fingerprint density at radius 1 is 1.07 bits per heavy atom. The average Bonchev–Trinajstić information content (AvgIpc) is 2.75. The van der Waals surface area contributed by atoms with Crippen molar-refractivity contribution < 1.29 is 23.4 Å². The second kappa shape index (κ2) is 10.00. The van der Waals surface area contributed by atoms with Gasteiger partial charge in [-0.05, 0) is 36.8 Å². The van der Waals surface area contributed by atoms with Gasteiger partial charge in [-0.3, -0.25) is 9.69 Å². The summed E-state index contributed by atoms with van der Waals surface area (Å²) in [6.45, 7) is 5.46. The maximum absolute atomic E-state index is 13.9. The topological polar surface area (TPSA) is 51.2 Å². The van der Waals surface area contributed by atoms with Gasteiger partial charge in [0.25, 0.3) is 5.91 Å². The zero-order valence-electron chi connectivity index (χ0n) is 17.4. The summed E-state index contributed by atoms with van der Waals surface area (Å²) in [5, 5.41) is 0.347. The van der Waals surface area contributed by atoms with Crippen LogP contribution in [0.3, 0.4) is 0 Å². The van der Waals surface area contributed by atoms with E-state index in [0.717, 1.165) is 5.56 Å². The first-order valence-electron chi connectivity index (χ1n) is 9.81. The van der Waals surface area contributed by atoms with Gasteiger partial charge >= 0.3 is 0 Å². The fourth-order valence-electron chi connectivity index (χ4n) is 3.49. The predicted octanol–water partition coefficient (Wildman–Crippen LogP) is 3.85. The molecule has 0 saturated carbocycles. The summed E-state index contributed by atoms with van der Waals surface area (Å²) in [5.41, 5.74) is 1.34. The van der Waals surface area contributed by atoms with E-state index in [0.29, 0.717) is 61.4 Å². The first-order valence-corrected chi connectivity index (χ1v) is 10.2. The highest BCUT2D eigenvalue weighted by Gasteiger charge is 2.24. The predicted molar refractivity (Wildman–Crippen MR) is 113 cm³/mol. The first-order chi connectivity index (χ1) is 14.5. The van der Waals surface area contributed by atoms with E-state index in [2.05, 4.69) is 4.90 Å². The number of piperazine rings is 1. The number of benzene rings is 2. The van der Waals surface area contributed by atoms with Crippen molar-refractivity contribution in [2.45, 2.75) is 13.5 Å². The Bertz CT molecular complexity index is 901. The molecule has 6 nitrogen and oxygen atoms in total. The minimum atomic E-state index is -0.370. The maximum atomic E-state index is 13.9. The third kappa shape index (κ3) is 4.96. The van der Waals surface area contributed by atoms with Gasteiger partial charge in [0, 0.05) is 38.3 Å². The van der Waals surface area contributed by atoms with Crippen molar-refractivity contribution in [2.24, 2.45) is 0 Å². The standard InChI is InChI=1S/C22H26ClFN2O4/c1-4-30-21-17(23)12-16(13-20(21)29-3)22(27)26-9-7-25(8-10-26)14-15-5-6-19(28-2)18(24)11-15/h5-6,11-13H,4,7-10,14H2,1-3H3. The number of carbonyl (C=O) groups is 1. The van der Waals surface area contributed by atoms with Crippen LogP contribution in [0.5, 0.6) is 17.2 Å². The number of methoxy groups -OCH3 is 2. The van der Waals surface area contributed by atoms with Crippen molar-refractivity contribution in [2.75, 3.05) is 47.0 Å². The Morgan fingerprint density at radius 2 is 1.77 bits per heavy atom. The molecule has 0 spiro atoms. The fraction of sp³-hybridized carbons (Fsp3) is 0.409. The van der Waals surface area contributed by atoms with Crippen molar-refractivity contribution in [3.63, 3.8) is 0 Å². The SMILES string of the molecule is CCOc1c(Cl)cc(C(=O)N2CCN(Cc3ccc(OC)c(F)c3)CC2)cc1OC. The third-order valence-electron chi connectivity index (χ3n) is 5.05. The largest absolute Gasteiger partial charge is 0.494 e. The maximum Gasteiger partial charge on any atom is 0.254 e. The molecular weight excluding hydrogens is 411 g/mol. The van der Waals surface area contributed by atoms with Crippen molar-refractivity contribution in [3.8, 4) is 17.2 Å². The Kier molecular flexibility index (Phi) is 7.39. The van der Waals surface area contributed by atoms with Crippen LogP contribution < -0.4 is 14.2 Å². The normalized spacial score (nSPS) is 14.5. The lowest BCUT2D eigenvalue weighted by Gasteiger charge is -2.35. The Hall–Kier alpha value is -2.51. The molecule has 0 aromatic heterocycles. The molecule has 1 fully saturated rings. The number of hydrogen-bond donors (Lipinski definition) is 0. The smallest absolute Gasteiger partial charge is 0.254 e. The molecule has 0 N–H and O–H groups in total. The van der Waals surface area contributed by atoms with Gasteiger partial charge in [0.2, 0.25) is 0 Å². The molecule has 1 aliphatic rings. The van der Waals surface area contributed by atoms with E-state index < -0.39 is 0 Å². The second-order valence-corrected chi connectivity index (χ2v) is 7.37. The van der Waals surface area contributed by atoms with E-state index in [1.165, 1.54) is 20.3 Å². The number of halogens is 2. The van der Waals surface area contributed by atoms with E-state index in [1.807, 2.05) is 13.0 Å². The number of amides is 1. The van der Waals surface area contributed by atoms with Crippen LogP contribution in [0.2, 0.25) is 5.02 Å². The summed E-state index contributed by atoms with van der Waals surface area (Å²) >= 11 is 6.30. The fourth-order valence-corrected chi connectivity index (χ4v) is 3.75. The minimum Gasteiger partial charge on any atom is -0.494 e. The van der Waals surface area contributed by atoms with Crippen molar-refractivity contribution >= 4 is 17.5 Å². The number of hydrogen-bond acceptors (Lipinski definition) is 5. The van der Waals surface area contributed by atoms with Crippen molar-refractivity contribution in [1.82, 2.24) is 9.80 Å². The molecule has 1 aliphatic heterocycles. The molecule has 1 saturated heterocycles. The molecule has 1 amide bonds. The summed E-state index contributed by atoms with van der Waals surface area (Å²) in [4.78, 5) is 16.9. The zero-order valence-corrected chi connectivity index (χ0v) is 18.2. The number of rotatable bonds is 7. The molecule has 0 unspecified atom stereocenters. The van der Waals surface area contributed by atoms with Crippen LogP contribution in [-0.2, 0) is 6.54 Å². The summed E-state index contributed by atoms with van der Waals surface area (Å²) in [5.74, 6) is 0.639. The Balaban J connectivity index is 1.63. The molecule has 0 aliphatic carbocycles. The van der Waals surface area contributed by atoms with Gasteiger partial charge in [-0.15, -0.1) is 0 Å². The van der Waals surface area contributed by atoms with Gasteiger partial charge < -0.3 is 19.1 Å². The van der Waals surface area contributed by atoms with Crippen LogP contribution >= 0.6 is 11.6 Å². The van der Waals surface area contributed by atoms with Crippen molar-refractivity contribution in [1.29, 1.82) is 0 Å². The molecule has 1 heterocycles. The molecule has 0 radical (unpaired) electrons. The Morgan fingerprint density at radius 3 is 2.37 bits per heavy atom. The third-order valence-corrected chi connectivity index (χ3v) is 5.33. The van der Waals surface area contributed by atoms with E-state index in [1.54, 1.807) is 23.1 Å². The van der Waals surface area contributed by atoms with Crippen LogP contribution in [0.4, 0.5) is 4.39 Å². The Labute approximate surface area is 181 Å². The van der Waals surface area contributed by atoms with Crippen molar-refractivity contribution in [3.05, 3.63) is 52.3 Å². The van der Waals surface area contributed by atoms with Crippen LogP contribution in [0, 0.1) is 5.82 Å². The molecule has 2 aromatic rings. The van der Waals surface area contributed by atoms with E-state index in [9.17, 15) is 9.18 Å². The monoisotopic (exact) mass is 436 g/mol. The molecule has 2 aromatic carbocycles. The number of nitrogens with zero attached hydrogens (tertiary/aromatic N) is 2. The molecule has 3 rings (SSSR count). The number of ether oxygens (including phenoxy) is 3. The molecule has 8 heteroatoms. The quantitative estimate of drug-likeness (QED) is 0.659. The van der Waals surface area contributed by atoms with Gasteiger partial charge in [-0.1, -0.05) is 17.7 Å². The van der Waals surface area contributed by atoms with Gasteiger partial charge in [0.15, 0.2) is 23.1 Å².